The first-order valence-electron chi connectivity index (χ1n) is 6.99. The average Bonchev–Trinajstić information content (AvgIpc) is 2.38. The van der Waals surface area contributed by atoms with Crippen molar-refractivity contribution in [3.8, 4) is 0 Å². The SMILES string of the molecule is Cc1ccc(F)cc1NC(=O)CN1CCC(C)C(N)C1. The number of anilines is 1. The van der Waals surface area contributed by atoms with Crippen molar-refractivity contribution in [2.45, 2.75) is 26.3 Å². The van der Waals surface area contributed by atoms with Gasteiger partial charge in [-0.1, -0.05) is 13.0 Å². The van der Waals surface area contributed by atoms with Gasteiger partial charge in [0.15, 0.2) is 0 Å². The van der Waals surface area contributed by atoms with Crippen molar-refractivity contribution in [2.24, 2.45) is 11.7 Å². The molecule has 3 N–H and O–H groups in total. The number of halogens is 1. The number of hydrogen-bond donors (Lipinski definition) is 2. The Bertz CT molecular complexity index is 492. The maximum atomic E-state index is 13.2. The van der Waals surface area contributed by atoms with Crippen LogP contribution in [0.4, 0.5) is 10.1 Å². The standard InChI is InChI=1S/C15H22FN3O/c1-10-5-6-19(8-13(10)17)9-15(20)18-14-7-12(16)4-3-11(14)2/h3-4,7,10,13H,5-6,8-9,17H2,1-2H3,(H,18,20). The van der Waals surface area contributed by atoms with Gasteiger partial charge in [-0.25, -0.2) is 4.39 Å². The summed E-state index contributed by atoms with van der Waals surface area (Å²) in [7, 11) is 0. The molecule has 1 fully saturated rings. The summed E-state index contributed by atoms with van der Waals surface area (Å²) in [6, 6.07) is 4.50. The predicted octanol–water partition coefficient (Wildman–Crippen LogP) is 1.74. The highest BCUT2D eigenvalue weighted by molar-refractivity contribution is 5.92. The second kappa shape index (κ2) is 6.33. The van der Waals surface area contributed by atoms with E-state index >= 15 is 0 Å². The molecule has 1 saturated heterocycles. The Morgan fingerprint density at radius 2 is 2.30 bits per heavy atom. The van der Waals surface area contributed by atoms with Crippen LogP contribution in [0.2, 0.25) is 0 Å². The summed E-state index contributed by atoms with van der Waals surface area (Å²) in [5, 5.41) is 2.76. The van der Waals surface area contributed by atoms with E-state index in [1.165, 1.54) is 12.1 Å². The summed E-state index contributed by atoms with van der Waals surface area (Å²) in [4.78, 5) is 14.1. The Hall–Kier alpha value is -1.46. The van der Waals surface area contributed by atoms with E-state index in [4.69, 9.17) is 5.73 Å². The molecule has 4 nitrogen and oxygen atoms in total. The van der Waals surface area contributed by atoms with Crippen LogP contribution in [0.1, 0.15) is 18.9 Å². The topological polar surface area (TPSA) is 58.4 Å². The normalized spacial score (nSPS) is 23.6. The molecule has 1 amide bonds. The zero-order chi connectivity index (χ0) is 14.7. The molecule has 0 aromatic heterocycles. The van der Waals surface area contributed by atoms with Crippen molar-refractivity contribution >= 4 is 11.6 Å². The van der Waals surface area contributed by atoms with Crippen LogP contribution in [0.15, 0.2) is 18.2 Å². The van der Waals surface area contributed by atoms with E-state index in [1.807, 2.05) is 6.92 Å². The van der Waals surface area contributed by atoms with E-state index < -0.39 is 0 Å². The molecular weight excluding hydrogens is 257 g/mol. The minimum Gasteiger partial charge on any atom is -0.326 e. The molecule has 20 heavy (non-hydrogen) atoms. The molecule has 2 unspecified atom stereocenters. The van der Waals surface area contributed by atoms with Crippen molar-refractivity contribution in [2.75, 3.05) is 25.0 Å². The summed E-state index contributed by atoms with van der Waals surface area (Å²) >= 11 is 0. The number of likely N-dealkylation sites (tertiary alicyclic amines) is 1. The summed E-state index contributed by atoms with van der Waals surface area (Å²) in [6.45, 7) is 5.89. The molecule has 0 radical (unpaired) electrons. The fourth-order valence-electron chi connectivity index (χ4n) is 2.43. The quantitative estimate of drug-likeness (QED) is 0.886. The first-order chi connectivity index (χ1) is 9.45. The van der Waals surface area contributed by atoms with Gasteiger partial charge in [-0.05, 0) is 43.5 Å². The third-order valence-corrected chi connectivity index (χ3v) is 3.94. The number of piperidine rings is 1. The first kappa shape index (κ1) is 14.9. The lowest BCUT2D eigenvalue weighted by Gasteiger charge is -2.34. The van der Waals surface area contributed by atoms with Gasteiger partial charge in [0.05, 0.1) is 6.54 Å². The van der Waals surface area contributed by atoms with E-state index in [2.05, 4.69) is 17.1 Å². The number of rotatable bonds is 3. The van der Waals surface area contributed by atoms with Crippen molar-refractivity contribution in [1.82, 2.24) is 4.90 Å². The van der Waals surface area contributed by atoms with Crippen molar-refractivity contribution in [3.05, 3.63) is 29.6 Å². The number of nitrogens with two attached hydrogens (primary N) is 1. The van der Waals surface area contributed by atoms with E-state index in [9.17, 15) is 9.18 Å². The molecule has 0 spiro atoms. The molecule has 1 aromatic rings. The Kier molecular flexibility index (Phi) is 4.73. The summed E-state index contributed by atoms with van der Waals surface area (Å²) in [5.74, 6) is 0.0277. The highest BCUT2D eigenvalue weighted by Crippen LogP contribution is 2.17. The summed E-state index contributed by atoms with van der Waals surface area (Å²) < 4.78 is 13.2. The van der Waals surface area contributed by atoms with Gasteiger partial charge in [-0.15, -0.1) is 0 Å². The van der Waals surface area contributed by atoms with Gasteiger partial charge in [0, 0.05) is 18.3 Å². The Morgan fingerprint density at radius 1 is 1.55 bits per heavy atom. The monoisotopic (exact) mass is 279 g/mol. The number of hydrogen-bond acceptors (Lipinski definition) is 3. The Labute approximate surface area is 119 Å². The Balaban J connectivity index is 1.91. The highest BCUT2D eigenvalue weighted by atomic mass is 19.1. The van der Waals surface area contributed by atoms with Gasteiger partial charge in [0.25, 0.3) is 0 Å². The smallest absolute Gasteiger partial charge is 0.238 e. The van der Waals surface area contributed by atoms with E-state index in [1.54, 1.807) is 6.07 Å². The van der Waals surface area contributed by atoms with Crippen LogP contribution in [0, 0.1) is 18.7 Å². The fraction of sp³-hybridized carbons (Fsp3) is 0.533. The molecule has 2 rings (SSSR count). The second-order valence-corrected chi connectivity index (χ2v) is 5.67. The van der Waals surface area contributed by atoms with Crippen LogP contribution < -0.4 is 11.1 Å². The molecule has 1 aliphatic rings. The molecule has 2 atom stereocenters. The van der Waals surface area contributed by atoms with Crippen LogP contribution in [0.25, 0.3) is 0 Å². The fourth-order valence-corrected chi connectivity index (χ4v) is 2.43. The third kappa shape index (κ3) is 3.77. The van der Waals surface area contributed by atoms with Crippen LogP contribution >= 0.6 is 0 Å². The molecule has 5 heteroatoms. The number of carbonyl (C=O) groups excluding carboxylic acids is 1. The van der Waals surface area contributed by atoms with E-state index in [0.717, 1.165) is 25.1 Å². The Morgan fingerprint density at radius 3 is 3.00 bits per heavy atom. The molecule has 0 saturated carbocycles. The van der Waals surface area contributed by atoms with Crippen LogP contribution in [-0.4, -0.2) is 36.5 Å². The zero-order valence-corrected chi connectivity index (χ0v) is 12.0. The minimum atomic E-state index is -0.347. The summed E-state index contributed by atoms with van der Waals surface area (Å²) in [6.07, 6.45) is 1.01. The zero-order valence-electron chi connectivity index (χ0n) is 12.0. The second-order valence-electron chi connectivity index (χ2n) is 5.67. The van der Waals surface area contributed by atoms with E-state index in [0.29, 0.717) is 18.2 Å². The van der Waals surface area contributed by atoms with Gasteiger partial charge in [0.1, 0.15) is 5.82 Å². The third-order valence-electron chi connectivity index (χ3n) is 3.94. The maximum absolute atomic E-state index is 13.2. The lowest BCUT2D eigenvalue weighted by molar-refractivity contribution is -0.117. The molecular formula is C15H22FN3O. The van der Waals surface area contributed by atoms with Gasteiger partial charge in [0.2, 0.25) is 5.91 Å². The molecule has 1 aliphatic heterocycles. The molecule has 0 bridgehead atoms. The lowest BCUT2D eigenvalue weighted by atomic mass is 9.94. The van der Waals surface area contributed by atoms with Gasteiger partial charge >= 0.3 is 0 Å². The van der Waals surface area contributed by atoms with Crippen molar-refractivity contribution < 1.29 is 9.18 Å². The lowest BCUT2D eigenvalue weighted by Crippen LogP contribution is -2.49. The number of aryl methyl sites for hydroxylation is 1. The van der Waals surface area contributed by atoms with Crippen LogP contribution in [0.5, 0.6) is 0 Å². The van der Waals surface area contributed by atoms with Crippen molar-refractivity contribution in [1.29, 1.82) is 0 Å². The summed E-state index contributed by atoms with van der Waals surface area (Å²) in [5.41, 5.74) is 7.40. The molecule has 1 heterocycles. The number of carbonyl (C=O) groups is 1. The van der Waals surface area contributed by atoms with Gasteiger partial charge in [-0.3, -0.25) is 9.69 Å². The molecule has 1 aromatic carbocycles. The predicted molar refractivity (Wildman–Crippen MR) is 78.0 cm³/mol. The molecule has 0 aliphatic carbocycles. The maximum Gasteiger partial charge on any atom is 0.238 e. The van der Waals surface area contributed by atoms with Crippen molar-refractivity contribution in [3.63, 3.8) is 0 Å². The van der Waals surface area contributed by atoms with E-state index in [-0.39, 0.29) is 17.8 Å². The number of amides is 1. The largest absolute Gasteiger partial charge is 0.326 e. The average molecular weight is 279 g/mol. The first-order valence-corrected chi connectivity index (χ1v) is 6.99. The minimum absolute atomic E-state index is 0.118. The molecule has 110 valence electrons. The van der Waals surface area contributed by atoms with Crippen LogP contribution in [0.3, 0.4) is 0 Å². The number of nitrogens with zero attached hydrogens (tertiary/aromatic N) is 1. The number of benzene rings is 1. The number of nitrogens with one attached hydrogen (secondary N) is 1. The van der Waals surface area contributed by atoms with Gasteiger partial charge in [-0.2, -0.15) is 0 Å². The highest BCUT2D eigenvalue weighted by Gasteiger charge is 2.24. The van der Waals surface area contributed by atoms with Gasteiger partial charge < -0.3 is 11.1 Å². The van der Waals surface area contributed by atoms with Crippen LogP contribution in [-0.2, 0) is 4.79 Å².